The molecule has 0 aliphatic carbocycles. The molecular formula is C18H26N6O3. The van der Waals surface area contributed by atoms with Gasteiger partial charge in [-0.2, -0.15) is 5.10 Å². The molecule has 1 amide bonds. The van der Waals surface area contributed by atoms with Gasteiger partial charge in [0.05, 0.1) is 18.7 Å². The van der Waals surface area contributed by atoms with Gasteiger partial charge in [-0.15, -0.1) is 0 Å². The van der Waals surface area contributed by atoms with E-state index in [0.717, 1.165) is 11.0 Å². The van der Waals surface area contributed by atoms with Crippen molar-refractivity contribution in [1.82, 2.24) is 24.6 Å². The second-order valence-electron chi connectivity index (χ2n) is 7.83. The molecule has 2 aromatic heterocycles. The first-order chi connectivity index (χ1) is 12.6. The molecule has 1 saturated heterocycles. The number of aryl methyl sites for hydroxylation is 1. The lowest BCUT2D eigenvalue weighted by Gasteiger charge is -2.39. The second-order valence-corrected chi connectivity index (χ2v) is 7.83. The van der Waals surface area contributed by atoms with Crippen LogP contribution >= 0.6 is 0 Å². The summed E-state index contributed by atoms with van der Waals surface area (Å²) in [6.45, 7) is 8.94. The topological polar surface area (TPSA) is 93.4 Å². The Morgan fingerprint density at radius 1 is 1.30 bits per heavy atom. The van der Waals surface area contributed by atoms with Crippen LogP contribution in [0.1, 0.15) is 33.5 Å². The van der Waals surface area contributed by atoms with Gasteiger partial charge in [-0.1, -0.05) is 20.8 Å². The third-order valence-corrected chi connectivity index (χ3v) is 4.81. The van der Waals surface area contributed by atoms with Crippen molar-refractivity contribution in [2.45, 2.75) is 39.2 Å². The number of rotatable bonds is 3. The van der Waals surface area contributed by atoms with Crippen molar-refractivity contribution >= 4 is 28.7 Å². The lowest BCUT2D eigenvalue weighted by atomic mass is 9.95. The smallest absolute Gasteiger partial charge is 0.325 e. The van der Waals surface area contributed by atoms with E-state index < -0.39 is 12.0 Å². The minimum Gasteiger partial charge on any atom is -0.468 e. The van der Waals surface area contributed by atoms with Gasteiger partial charge in [-0.3, -0.25) is 14.3 Å². The fourth-order valence-corrected chi connectivity index (χ4v) is 3.16. The van der Waals surface area contributed by atoms with E-state index in [1.165, 1.54) is 12.0 Å². The largest absolute Gasteiger partial charge is 0.468 e. The van der Waals surface area contributed by atoms with Crippen molar-refractivity contribution in [3.8, 4) is 0 Å². The molecule has 1 atom stereocenters. The van der Waals surface area contributed by atoms with E-state index in [9.17, 15) is 9.59 Å². The summed E-state index contributed by atoms with van der Waals surface area (Å²) in [6.07, 6.45) is 1.73. The average Bonchev–Trinajstić information content (AvgIpc) is 2.99. The number of aromatic nitrogens is 4. The molecule has 9 heteroatoms. The van der Waals surface area contributed by atoms with Crippen LogP contribution in [-0.2, 0) is 26.8 Å². The van der Waals surface area contributed by atoms with Crippen LogP contribution in [0.15, 0.2) is 6.20 Å². The molecule has 0 bridgehead atoms. The molecule has 0 saturated carbocycles. The molecule has 1 aliphatic heterocycles. The molecule has 146 valence electrons. The number of amides is 1. The zero-order valence-corrected chi connectivity index (χ0v) is 16.7. The molecule has 27 heavy (non-hydrogen) atoms. The van der Waals surface area contributed by atoms with Crippen molar-refractivity contribution in [2.24, 2.45) is 7.05 Å². The van der Waals surface area contributed by atoms with Crippen LogP contribution in [0.25, 0.3) is 11.0 Å². The van der Waals surface area contributed by atoms with Gasteiger partial charge in [0.2, 0.25) is 5.91 Å². The van der Waals surface area contributed by atoms with E-state index in [0.29, 0.717) is 24.7 Å². The molecule has 0 unspecified atom stereocenters. The highest BCUT2D eigenvalue weighted by Gasteiger charge is 2.35. The fraction of sp³-hybridized carbons (Fsp3) is 0.611. The van der Waals surface area contributed by atoms with E-state index in [-0.39, 0.29) is 17.9 Å². The van der Waals surface area contributed by atoms with Crippen LogP contribution in [-0.4, -0.2) is 69.3 Å². The van der Waals surface area contributed by atoms with E-state index in [2.05, 4.69) is 35.6 Å². The highest BCUT2D eigenvalue weighted by molar-refractivity contribution is 5.93. The molecule has 9 nitrogen and oxygen atoms in total. The van der Waals surface area contributed by atoms with Gasteiger partial charge in [0.15, 0.2) is 5.65 Å². The molecular weight excluding hydrogens is 348 g/mol. The summed E-state index contributed by atoms with van der Waals surface area (Å²) in [5.74, 6) is 0.858. The second kappa shape index (κ2) is 6.79. The van der Waals surface area contributed by atoms with Crippen molar-refractivity contribution in [3.05, 3.63) is 12.0 Å². The van der Waals surface area contributed by atoms with Gasteiger partial charge >= 0.3 is 5.97 Å². The first-order valence-corrected chi connectivity index (χ1v) is 8.96. The van der Waals surface area contributed by atoms with Crippen LogP contribution in [0.2, 0.25) is 0 Å². The number of anilines is 1. The predicted molar refractivity (Wildman–Crippen MR) is 100 cm³/mol. The van der Waals surface area contributed by atoms with Crippen LogP contribution in [0, 0.1) is 0 Å². The summed E-state index contributed by atoms with van der Waals surface area (Å²) in [5.41, 5.74) is 0.495. The number of carbonyl (C=O) groups excluding carboxylic acids is 2. The number of ether oxygens (including phenoxy) is 1. The molecule has 1 aliphatic rings. The van der Waals surface area contributed by atoms with Gasteiger partial charge in [0.25, 0.3) is 0 Å². The SMILES string of the molecule is COC(=O)CN1CCN(c2nc(C(C)(C)C)nc3c2cnn3C)[C@@H](C)C1=O. The Labute approximate surface area is 158 Å². The van der Waals surface area contributed by atoms with Gasteiger partial charge in [0.1, 0.15) is 24.2 Å². The molecule has 0 aromatic carbocycles. The van der Waals surface area contributed by atoms with Crippen molar-refractivity contribution in [2.75, 3.05) is 31.6 Å². The van der Waals surface area contributed by atoms with Gasteiger partial charge in [-0.25, -0.2) is 9.97 Å². The first-order valence-electron chi connectivity index (χ1n) is 8.96. The summed E-state index contributed by atoms with van der Waals surface area (Å²) < 4.78 is 6.40. The summed E-state index contributed by atoms with van der Waals surface area (Å²) in [5, 5.41) is 5.13. The van der Waals surface area contributed by atoms with Gasteiger partial charge in [0, 0.05) is 25.6 Å². The number of esters is 1. The van der Waals surface area contributed by atoms with E-state index in [1.54, 1.807) is 10.9 Å². The highest BCUT2D eigenvalue weighted by Crippen LogP contribution is 2.30. The minimum absolute atomic E-state index is 0.0349. The number of fused-ring (bicyclic) bond motifs is 1. The van der Waals surface area contributed by atoms with E-state index in [4.69, 9.17) is 4.98 Å². The Balaban J connectivity index is 2.00. The summed E-state index contributed by atoms with van der Waals surface area (Å²) in [4.78, 5) is 37.3. The monoisotopic (exact) mass is 374 g/mol. The number of hydrogen-bond acceptors (Lipinski definition) is 7. The number of carbonyl (C=O) groups is 2. The lowest BCUT2D eigenvalue weighted by molar-refractivity contribution is -0.148. The summed E-state index contributed by atoms with van der Waals surface area (Å²) in [6, 6.07) is -0.450. The molecule has 0 radical (unpaired) electrons. The first kappa shape index (κ1) is 19.1. The molecule has 3 rings (SSSR count). The van der Waals surface area contributed by atoms with Crippen LogP contribution in [0.5, 0.6) is 0 Å². The maximum absolute atomic E-state index is 12.8. The van der Waals surface area contributed by atoms with Gasteiger partial charge < -0.3 is 14.5 Å². The van der Waals surface area contributed by atoms with Crippen LogP contribution in [0.4, 0.5) is 5.82 Å². The fourth-order valence-electron chi connectivity index (χ4n) is 3.16. The minimum atomic E-state index is -0.450. The Kier molecular flexibility index (Phi) is 4.79. The number of nitrogens with zero attached hydrogens (tertiary/aromatic N) is 6. The lowest BCUT2D eigenvalue weighted by Crippen LogP contribution is -2.57. The highest BCUT2D eigenvalue weighted by atomic mass is 16.5. The Bertz CT molecular complexity index is 885. The quantitative estimate of drug-likeness (QED) is 0.736. The van der Waals surface area contributed by atoms with Crippen LogP contribution in [0.3, 0.4) is 0 Å². The summed E-state index contributed by atoms with van der Waals surface area (Å²) in [7, 11) is 3.16. The third kappa shape index (κ3) is 3.45. The molecule has 0 spiro atoms. The number of piperazine rings is 1. The molecule has 0 N–H and O–H groups in total. The Hall–Kier alpha value is -2.71. The van der Waals surface area contributed by atoms with Crippen molar-refractivity contribution in [1.29, 1.82) is 0 Å². The standard InChI is InChI=1S/C18H26N6O3/c1-11-16(26)23(10-13(25)27-6)7-8-24(11)15-12-9-19-22(5)14(12)20-17(21-15)18(2,3)4/h9,11H,7-8,10H2,1-6H3/t11-/m0/s1. The zero-order valence-electron chi connectivity index (χ0n) is 16.7. The van der Waals surface area contributed by atoms with Gasteiger partial charge in [-0.05, 0) is 6.92 Å². The summed E-state index contributed by atoms with van der Waals surface area (Å²) >= 11 is 0. The van der Waals surface area contributed by atoms with E-state index in [1.807, 2.05) is 18.9 Å². The zero-order chi connectivity index (χ0) is 19.9. The number of hydrogen-bond donors (Lipinski definition) is 0. The maximum Gasteiger partial charge on any atom is 0.325 e. The van der Waals surface area contributed by atoms with Crippen molar-refractivity contribution in [3.63, 3.8) is 0 Å². The number of methoxy groups -OCH3 is 1. The maximum atomic E-state index is 12.8. The third-order valence-electron chi connectivity index (χ3n) is 4.81. The Morgan fingerprint density at radius 2 is 2.00 bits per heavy atom. The van der Waals surface area contributed by atoms with E-state index >= 15 is 0 Å². The Morgan fingerprint density at radius 3 is 2.63 bits per heavy atom. The normalized spacial score (nSPS) is 18.3. The predicted octanol–water partition coefficient (Wildman–Crippen LogP) is 0.871. The van der Waals surface area contributed by atoms with Crippen molar-refractivity contribution < 1.29 is 14.3 Å². The molecule has 1 fully saturated rings. The molecule has 3 heterocycles. The van der Waals surface area contributed by atoms with Crippen LogP contribution < -0.4 is 4.90 Å². The average molecular weight is 374 g/mol. The molecule has 2 aromatic rings.